The summed E-state index contributed by atoms with van der Waals surface area (Å²) in [6.45, 7) is 0.112. The summed E-state index contributed by atoms with van der Waals surface area (Å²) in [7, 11) is 0. The van der Waals surface area contributed by atoms with Gasteiger partial charge in [0, 0.05) is 17.8 Å². The van der Waals surface area contributed by atoms with Crippen molar-refractivity contribution in [2.75, 3.05) is 6.54 Å². The van der Waals surface area contributed by atoms with E-state index in [1.54, 1.807) is 0 Å². The Morgan fingerprint density at radius 1 is 1.12 bits per heavy atom. The van der Waals surface area contributed by atoms with Gasteiger partial charge in [-0.2, -0.15) is 5.10 Å². The number of nitrogens with one attached hydrogen (secondary N) is 1. The molecule has 1 amide bonds. The van der Waals surface area contributed by atoms with Crippen LogP contribution in [-0.4, -0.2) is 33.3 Å². The van der Waals surface area contributed by atoms with E-state index in [9.17, 15) is 9.59 Å². The minimum absolute atomic E-state index is 0.0900. The zero-order chi connectivity index (χ0) is 16.9. The molecule has 0 saturated heterocycles. The number of carbonyl (C=O) groups excluding carboxylic acids is 1. The number of carboxylic acids is 1. The van der Waals surface area contributed by atoms with Crippen LogP contribution in [0.15, 0.2) is 30.3 Å². The molecule has 0 atom stereocenters. The molecule has 1 aliphatic rings. The number of aromatic nitrogens is 2. The molecule has 1 aromatic heterocycles. The fourth-order valence-electron chi connectivity index (χ4n) is 3.11. The maximum Gasteiger partial charge on any atom is 0.305 e. The zero-order valence-corrected chi connectivity index (χ0v) is 13.5. The van der Waals surface area contributed by atoms with E-state index in [0.717, 1.165) is 49.0 Å². The number of hydrogen-bond acceptors (Lipinski definition) is 3. The minimum atomic E-state index is -0.927. The summed E-state index contributed by atoms with van der Waals surface area (Å²) >= 11 is 0. The van der Waals surface area contributed by atoms with E-state index in [1.165, 1.54) is 0 Å². The van der Waals surface area contributed by atoms with Gasteiger partial charge in [-0.1, -0.05) is 24.6 Å². The van der Waals surface area contributed by atoms with Crippen LogP contribution >= 0.6 is 0 Å². The molecule has 24 heavy (non-hydrogen) atoms. The largest absolute Gasteiger partial charge is 0.481 e. The Labute approximate surface area is 140 Å². The van der Waals surface area contributed by atoms with E-state index in [-0.39, 0.29) is 18.9 Å². The van der Waals surface area contributed by atoms with Crippen LogP contribution in [0, 0.1) is 0 Å². The third-order valence-electron chi connectivity index (χ3n) is 4.27. The molecule has 3 rings (SSSR count). The minimum Gasteiger partial charge on any atom is -0.481 e. The summed E-state index contributed by atoms with van der Waals surface area (Å²) < 4.78 is 1.87. The normalized spacial score (nSPS) is 13.8. The molecule has 1 aliphatic carbocycles. The first-order chi connectivity index (χ1) is 11.7. The Kier molecular flexibility index (Phi) is 4.93. The Bertz CT molecular complexity index is 737. The second kappa shape index (κ2) is 7.29. The first-order valence-corrected chi connectivity index (χ1v) is 8.33. The topological polar surface area (TPSA) is 84.2 Å². The van der Waals surface area contributed by atoms with Gasteiger partial charge in [0.05, 0.1) is 12.1 Å². The van der Waals surface area contributed by atoms with Gasteiger partial charge in [0.15, 0.2) is 5.69 Å². The lowest BCUT2D eigenvalue weighted by molar-refractivity contribution is -0.136. The molecule has 0 spiro atoms. The van der Waals surface area contributed by atoms with Crippen molar-refractivity contribution in [1.29, 1.82) is 0 Å². The van der Waals surface area contributed by atoms with Crippen LogP contribution in [0.5, 0.6) is 0 Å². The Hall–Kier alpha value is -2.63. The Morgan fingerprint density at radius 3 is 2.62 bits per heavy atom. The summed E-state index contributed by atoms with van der Waals surface area (Å²) in [5, 5.41) is 15.9. The lowest BCUT2D eigenvalue weighted by Crippen LogP contribution is -2.27. The van der Waals surface area contributed by atoms with Crippen molar-refractivity contribution in [3.05, 3.63) is 47.3 Å². The highest BCUT2D eigenvalue weighted by molar-refractivity contribution is 5.94. The van der Waals surface area contributed by atoms with Crippen molar-refractivity contribution in [3.63, 3.8) is 0 Å². The predicted octanol–water partition coefficient (Wildman–Crippen LogP) is 2.35. The second-order valence-electron chi connectivity index (χ2n) is 5.98. The van der Waals surface area contributed by atoms with Crippen LogP contribution in [0.4, 0.5) is 0 Å². The van der Waals surface area contributed by atoms with E-state index >= 15 is 0 Å². The monoisotopic (exact) mass is 327 g/mol. The third kappa shape index (κ3) is 3.48. The number of para-hydroxylation sites is 1. The second-order valence-corrected chi connectivity index (χ2v) is 5.98. The molecule has 2 aromatic rings. The highest BCUT2D eigenvalue weighted by Crippen LogP contribution is 2.26. The number of hydrogen-bond donors (Lipinski definition) is 2. The van der Waals surface area contributed by atoms with Gasteiger partial charge in [-0.25, -0.2) is 4.68 Å². The van der Waals surface area contributed by atoms with E-state index in [0.29, 0.717) is 5.69 Å². The molecule has 1 aromatic carbocycles. The number of carboxylic acid groups (broad SMARTS) is 1. The molecule has 126 valence electrons. The van der Waals surface area contributed by atoms with Crippen LogP contribution in [-0.2, 0) is 17.6 Å². The average molecular weight is 327 g/mol. The lowest BCUT2D eigenvalue weighted by atomic mass is 10.1. The maximum absolute atomic E-state index is 12.5. The number of rotatable bonds is 5. The molecule has 0 saturated carbocycles. The fraction of sp³-hybridized carbons (Fsp3) is 0.389. The van der Waals surface area contributed by atoms with Crippen molar-refractivity contribution in [2.45, 2.75) is 38.5 Å². The highest BCUT2D eigenvalue weighted by atomic mass is 16.4. The quantitative estimate of drug-likeness (QED) is 0.826. The number of aliphatic carboxylic acids is 1. The van der Waals surface area contributed by atoms with Gasteiger partial charge < -0.3 is 10.4 Å². The number of benzene rings is 1. The van der Waals surface area contributed by atoms with Gasteiger partial charge in [0.25, 0.3) is 5.91 Å². The van der Waals surface area contributed by atoms with Gasteiger partial charge >= 0.3 is 5.97 Å². The molecular formula is C18H21N3O3. The van der Waals surface area contributed by atoms with Gasteiger partial charge in [0.2, 0.25) is 0 Å². The van der Waals surface area contributed by atoms with E-state index in [2.05, 4.69) is 10.4 Å². The molecule has 0 radical (unpaired) electrons. The fourth-order valence-corrected chi connectivity index (χ4v) is 3.11. The molecule has 0 bridgehead atoms. The SMILES string of the molecule is O=C(O)CCNC(=O)c1nn(-c2ccccc2)c2c1CCCCC2. The number of nitrogens with zero attached hydrogens (tertiary/aromatic N) is 2. The molecule has 0 aliphatic heterocycles. The molecular weight excluding hydrogens is 306 g/mol. The van der Waals surface area contributed by atoms with Crippen molar-refractivity contribution >= 4 is 11.9 Å². The molecule has 1 heterocycles. The summed E-state index contributed by atoms with van der Waals surface area (Å²) in [5.74, 6) is -1.21. The highest BCUT2D eigenvalue weighted by Gasteiger charge is 2.24. The van der Waals surface area contributed by atoms with E-state index in [1.807, 2.05) is 35.0 Å². The molecule has 6 nitrogen and oxygen atoms in total. The first kappa shape index (κ1) is 16.2. The first-order valence-electron chi connectivity index (χ1n) is 8.33. The van der Waals surface area contributed by atoms with E-state index < -0.39 is 5.97 Å². The summed E-state index contributed by atoms with van der Waals surface area (Å²) in [5.41, 5.74) is 3.48. The van der Waals surface area contributed by atoms with Crippen LogP contribution in [0.1, 0.15) is 47.4 Å². The van der Waals surface area contributed by atoms with Gasteiger partial charge in [-0.3, -0.25) is 9.59 Å². The number of fused-ring (bicyclic) bond motifs is 1. The lowest BCUT2D eigenvalue weighted by Gasteiger charge is -2.06. The van der Waals surface area contributed by atoms with Crippen molar-refractivity contribution in [2.24, 2.45) is 0 Å². The summed E-state index contributed by atoms with van der Waals surface area (Å²) in [4.78, 5) is 23.1. The predicted molar refractivity (Wildman–Crippen MR) is 89.4 cm³/mol. The third-order valence-corrected chi connectivity index (χ3v) is 4.27. The van der Waals surface area contributed by atoms with E-state index in [4.69, 9.17) is 5.11 Å². The Balaban J connectivity index is 1.93. The molecule has 0 unspecified atom stereocenters. The van der Waals surface area contributed by atoms with Crippen molar-refractivity contribution in [3.8, 4) is 5.69 Å². The number of carbonyl (C=O) groups is 2. The average Bonchev–Trinajstić information content (AvgIpc) is 2.77. The van der Waals surface area contributed by atoms with Crippen LogP contribution in [0.3, 0.4) is 0 Å². The smallest absolute Gasteiger partial charge is 0.305 e. The van der Waals surface area contributed by atoms with Gasteiger partial charge in [0.1, 0.15) is 0 Å². The van der Waals surface area contributed by atoms with Crippen LogP contribution in [0.2, 0.25) is 0 Å². The van der Waals surface area contributed by atoms with Crippen LogP contribution < -0.4 is 5.32 Å². The number of amides is 1. The molecule has 6 heteroatoms. The van der Waals surface area contributed by atoms with Crippen molar-refractivity contribution in [1.82, 2.24) is 15.1 Å². The maximum atomic E-state index is 12.5. The summed E-state index contributed by atoms with van der Waals surface area (Å²) in [6.07, 6.45) is 4.93. The Morgan fingerprint density at radius 2 is 1.88 bits per heavy atom. The standard InChI is InChI=1S/C18H21N3O3/c22-16(23)11-12-19-18(24)17-14-9-5-2-6-10-15(14)21(20-17)13-7-3-1-4-8-13/h1,3-4,7-8H,2,5-6,9-12H2,(H,19,24)(H,22,23). The summed E-state index contributed by atoms with van der Waals surface area (Å²) in [6, 6.07) is 9.80. The molecule has 0 fully saturated rings. The molecule has 2 N–H and O–H groups in total. The van der Waals surface area contributed by atoms with Crippen LogP contribution in [0.25, 0.3) is 5.69 Å². The van der Waals surface area contributed by atoms with Crippen molar-refractivity contribution < 1.29 is 14.7 Å². The zero-order valence-electron chi connectivity index (χ0n) is 13.5. The van der Waals surface area contributed by atoms with Gasteiger partial charge in [-0.15, -0.1) is 0 Å². The van der Waals surface area contributed by atoms with Gasteiger partial charge in [-0.05, 0) is 37.8 Å².